The molecule has 0 spiro atoms. The van der Waals surface area contributed by atoms with Crippen molar-refractivity contribution >= 4 is 17.5 Å². The van der Waals surface area contributed by atoms with Crippen LogP contribution in [0.15, 0.2) is 41.3 Å². The maximum atomic E-state index is 13.9. The maximum absolute atomic E-state index is 13.9. The number of pyridine rings is 1. The molecule has 3 rings (SSSR count). The molecule has 0 aliphatic carbocycles. The number of hydrogen-bond donors (Lipinski definition) is 2. The van der Waals surface area contributed by atoms with E-state index in [1.54, 1.807) is 0 Å². The number of nitrogens with one attached hydrogen (secondary N) is 1. The first-order valence-corrected chi connectivity index (χ1v) is 7.45. The van der Waals surface area contributed by atoms with Crippen molar-refractivity contribution in [3.8, 4) is 17.1 Å². The minimum Gasteiger partial charge on any atom is -0.493 e. The molecule has 2 amide bonds. The number of aromatic nitrogens is 2. The lowest BCUT2D eigenvalue weighted by molar-refractivity contribution is 0.0991. The van der Waals surface area contributed by atoms with Gasteiger partial charge in [-0.05, 0) is 24.3 Å². The van der Waals surface area contributed by atoms with Crippen molar-refractivity contribution in [3.05, 3.63) is 59.9 Å². The van der Waals surface area contributed by atoms with Crippen LogP contribution in [-0.4, -0.2) is 28.9 Å². The van der Waals surface area contributed by atoms with Crippen LogP contribution in [0.25, 0.3) is 11.3 Å². The number of halogens is 2. The summed E-state index contributed by atoms with van der Waals surface area (Å²) < 4.78 is 37.4. The summed E-state index contributed by atoms with van der Waals surface area (Å²) in [5.41, 5.74) is 5.14. The monoisotopic (exact) mass is 374 g/mol. The summed E-state index contributed by atoms with van der Waals surface area (Å²) in [5, 5.41) is 2.50. The van der Waals surface area contributed by atoms with Gasteiger partial charge in [0.25, 0.3) is 11.8 Å². The minimum absolute atomic E-state index is 0.00611. The average Bonchev–Trinajstić information content (AvgIpc) is 3.13. The van der Waals surface area contributed by atoms with Gasteiger partial charge in [-0.3, -0.25) is 14.6 Å². The lowest BCUT2D eigenvalue weighted by Gasteiger charge is -2.09. The fraction of sp³-hybridized carbons (Fsp3) is 0.0588. The van der Waals surface area contributed by atoms with E-state index >= 15 is 0 Å². The predicted octanol–water partition coefficient (Wildman–Crippen LogP) is 2.37. The Morgan fingerprint density at radius 1 is 1.22 bits per heavy atom. The van der Waals surface area contributed by atoms with Gasteiger partial charge in [-0.25, -0.2) is 9.37 Å². The molecule has 2 heterocycles. The van der Waals surface area contributed by atoms with Crippen molar-refractivity contribution < 1.29 is 27.5 Å². The van der Waals surface area contributed by atoms with E-state index in [0.717, 1.165) is 19.6 Å². The summed E-state index contributed by atoms with van der Waals surface area (Å²) in [6, 6.07) is 4.78. The number of primary amides is 1. The Kier molecular flexibility index (Phi) is 4.79. The van der Waals surface area contributed by atoms with E-state index in [1.807, 2.05) is 0 Å². The fourth-order valence-electron chi connectivity index (χ4n) is 2.34. The van der Waals surface area contributed by atoms with Crippen molar-refractivity contribution in [1.82, 2.24) is 9.97 Å². The Bertz CT molecular complexity index is 1040. The molecule has 0 bridgehead atoms. The first-order chi connectivity index (χ1) is 12.9. The number of benzene rings is 1. The Balaban J connectivity index is 1.96. The lowest BCUT2D eigenvalue weighted by Crippen LogP contribution is -2.16. The van der Waals surface area contributed by atoms with Crippen molar-refractivity contribution in [1.29, 1.82) is 0 Å². The summed E-state index contributed by atoms with van der Waals surface area (Å²) in [6.07, 6.45) is 2.27. The highest BCUT2D eigenvalue weighted by Crippen LogP contribution is 2.35. The van der Waals surface area contributed by atoms with Crippen molar-refractivity contribution in [2.24, 2.45) is 5.73 Å². The molecule has 3 N–H and O–H groups in total. The number of hydrogen-bond acceptors (Lipinski definition) is 6. The SMILES string of the molecule is COc1c(-c2ocnc2C(=O)Nc2ccnc(C(N)=O)c2)ccc(F)c1F. The third-order valence-electron chi connectivity index (χ3n) is 3.55. The van der Waals surface area contributed by atoms with Gasteiger partial charge in [0.1, 0.15) is 5.69 Å². The van der Waals surface area contributed by atoms with E-state index in [2.05, 4.69) is 15.3 Å². The number of nitrogens with zero attached hydrogens (tertiary/aromatic N) is 2. The van der Waals surface area contributed by atoms with Gasteiger partial charge in [-0.2, -0.15) is 4.39 Å². The molecular weight excluding hydrogens is 362 g/mol. The molecule has 10 heteroatoms. The Morgan fingerprint density at radius 2 is 2.00 bits per heavy atom. The van der Waals surface area contributed by atoms with Crippen LogP contribution in [0.2, 0.25) is 0 Å². The number of nitrogens with two attached hydrogens (primary N) is 1. The molecule has 0 saturated carbocycles. The van der Waals surface area contributed by atoms with Gasteiger partial charge in [-0.1, -0.05) is 0 Å². The highest BCUT2D eigenvalue weighted by Gasteiger charge is 2.24. The molecule has 0 saturated heterocycles. The molecule has 2 aromatic heterocycles. The normalized spacial score (nSPS) is 10.5. The van der Waals surface area contributed by atoms with Crippen molar-refractivity contribution in [2.45, 2.75) is 0 Å². The number of methoxy groups -OCH3 is 1. The second-order valence-corrected chi connectivity index (χ2v) is 5.22. The van der Waals surface area contributed by atoms with Crippen LogP contribution in [0.5, 0.6) is 5.75 Å². The van der Waals surface area contributed by atoms with E-state index in [0.29, 0.717) is 0 Å². The third kappa shape index (κ3) is 3.45. The van der Waals surface area contributed by atoms with Crippen LogP contribution in [0.1, 0.15) is 21.0 Å². The zero-order valence-corrected chi connectivity index (χ0v) is 13.8. The summed E-state index contributed by atoms with van der Waals surface area (Å²) in [4.78, 5) is 31.3. The second kappa shape index (κ2) is 7.20. The van der Waals surface area contributed by atoms with E-state index in [1.165, 1.54) is 24.4 Å². The number of oxazole rings is 1. The molecule has 0 unspecified atom stereocenters. The molecule has 27 heavy (non-hydrogen) atoms. The third-order valence-corrected chi connectivity index (χ3v) is 3.55. The molecule has 0 atom stereocenters. The summed E-state index contributed by atoms with van der Waals surface area (Å²) in [5.74, 6) is -4.37. The molecule has 138 valence electrons. The summed E-state index contributed by atoms with van der Waals surface area (Å²) >= 11 is 0. The maximum Gasteiger partial charge on any atom is 0.278 e. The summed E-state index contributed by atoms with van der Waals surface area (Å²) in [6.45, 7) is 0. The molecule has 0 fully saturated rings. The molecule has 8 nitrogen and oxygen atoms in total. The van der Waals surface area contributed by atoms with Gasteiger partial charge < -0.3 is 20.2 Å². The van der Waals surface area contributed by atoms with Gasteiger partial charge >= 0.3 is 0 Å². The first kappa shape index (κ1) is 18.0. The predicted molar refractivity (Wildman–Crippen MR) is 89.1 cm³/mol. The molecule has 0 radical (unpaired) electrons. The molecule has 0 aliphatic rings. The van der Waals surface area contributed by atoms with E-state index in [4.69, 9.17) is 14.9 Å². The van der Waals surface area contributed by atoms with E-state index in [9.17, 15) is 18.4 Å². The largest absolute Gasteiger partial charge is 0.493 e. The summed E-state index contributed by atoms with van der Waals surface area (Å²) in [7, 11) is 1.15. The number of amides is 2. The standard InChI is InChI=1S/C17H12F2N4O4/c1-26-14-9(2-3-10(18)12(14)19)15-13(22-7-27-15)17(25)23-8-4-5-21-11(6-8)16(20)24/h2-7H,1H3,(H2,20,24)(H,21,23,25). The molecule has 0 aliphatic heterocycles. The second-order valence-electron chi connectivity index (χ2n) is 5.22. The van der Waals surface area contributed by atoms with E-state index < -0.39 is 29.2 Å². The van der Waals surface area contributed by atoms with Gasteiger partial charge in [-0.15, -0.1) is 0 Å². The molecule has 1 aromatic carbocycles. The zero-order chi connectivity index (χ0) is 19.6. The minimum atomic E-state index is -1.22. The van der Waals surface area contributed by atoms with Crippen LogP contribution in [-0.2, 0) is 0 Å². The van der Waals surface area contributed by atoms with E-state index in [-0.39, 0.29) is 28.4 Å². The molecular formula is C17H12F2N4O4. The van der Waals surface area contributed by atoms with Crippen molar-refractivity contribution in [3.63, 3.8) is 0 Å². The topological polar surface area (TPSA) is 120 Å². The number of rotatable bonds is 5. The van der Waals surface area contributed by atoms with Crippen LogP contribution in [0.4, 0.5) is 14.5 Å². The van der Waals surface area contributed by atoms with Gasteiger partial charge in [0.2, 0.25) is 5.82 Å². The van der Waals surface area contributed by atoms with Crippen LogP contribution in [0, 0.1) is 11.6 Å². The highest BCUT2D eigenvalue weighted by atomic mass is 19.2. The lowest BCUT2D eigenvalue weighted by atomic mass is 10.1. The zero-order valence-electron chi connectivity index (χ0n) is 13.8. The smallest absolute Gasteiger partial charge is 0.278 e. The van der Waals surface area contributed by atoms with Crippen LogP contribution >= 0.6 is 0 Å². The number of carbonyl (C=O) groups is 2. The number of carbonyl (C=O) groups excluding carboxylic acids is 2. The Labute approximate surface area is 151 Å². The molecule has 3 aromatic rings. The van der Waals surface area contributed by atoms with Gasteiger partial charge in [0, 0.05) is 11.9 Å². The number of ether oxygens (including phenoxy) is 1. The quantitative estimate of drug-likeness (QED) is 0.707. The highest BCUT2D eigenvalue weighted by molar-refractivity contribution is 6.07. The van der Waals surface area contributed by atoms with Gasteiger partial charge in [0.15, 0.2) is 29.4 Å². The Hall–Kier alpha value is -3.82. The van der Waals surface area contributed by atoms with Crippen molar-refractivity contribution in [2.75, 3.05) is 12.4 Å². The fourth-order valence-corrected chi connectivity index (χ4v) is 2.34. The van der Waals surface area contributed by atoms with Gasteiger partial charge in [0.05, 0.1) is 12.7 Å². The van der Waals surface area contributed by atoms with Crippen LogP contribution < -0.4 is 15.8 Å². The van der Waals surface area contributed by atoms with Crippen LogP contribution in [0.3, 0.4) is 0 Å². The number of anilines is 1. The average molecular weight is 374 g/mol. The Morgan fingerprint density at radius 3 is 2.70 bits per heavy atom. The first-order valence-electron chi connectivity index (χ1n) is 7.45.